The van der Waals surface area contributed by atoms with E-state index in [1.54, 1.807) is 0 Å². The van der Waals surface area contributed by atoms with Crippen LogP contribution in [0.1, 0.15) is 33.1 Å². The summed E-state index contributed by atoms with van der Waals surface area (Å²) in [5, 5.41) is 21.1. The van der Waals surface area contributed by atoms with Gasteiger partial charge in [0.05, 0.1) is 6.10 Å². The monoisotopic (exact) mass is 258 g/mol. The molecule has 2 amide bonds. The van der Waals surface area contributed by atoms with Gasteiger partial charge in [0.15, 0.2) is 0 Å². The van der Waals surface area contributed by atoms with Gasteiger partial charge >= 0.3 is 12.0 Å². The van der Waals surface area contributed by atoms with E-state index in [0.717, 1.165) is 12.8 Å². The van der Waals surface area contributed by atoms with Crippen molar-refractivity contribution in [2.75, 3.05) is 13.1 Å². The van der Waals surface area contributed by atoms with Gasteiger partial charge in [-0.15, -0.1) is 0 Å². The molecule has 0 radical (unpaired) electrons. The second kappa shape index (κ2) is 6.58. The van der Waals surface area contributed by atoms with E-state index < -0.39 is 24.1 Å². The van der Waals surface area contributed by atoms with Crippen molar-refractivity contribution in [3.8, 4) is 0 Å². The molecule has 0 bridgehead atoms. The van der Waals surface area contributed by atoms with Crippen molar-refractivity contribution in [3.63, 3.8) is 0 Å². The van der Waals surface area contributed by atoms with Crippen LogP contribution in [0.4, 0.5) is 4.79 Å². The van der Waals surface area contributed by atoms with Gasteiger partial charge in [0.25, 0.3) is 0 Å². The number of carbonyl (C=O) groups is 2. The molecule has 1 aliphatic heterocycles. The summed E-state index contributed by atoms with van der Waals surface area (Å²) in [5.41, 5.74) is 0. The quantitative estimate of drug-likeness (QED) is 0.632. The smallest absolute Gasteiger partial charge is 0.326 e. The normalized spacial score (nSPS) is 23.4. The van der Waals surface area contributed by atoms with E-state index in [4.69, 9.17) is 5.11 Å². The van der Waals surface area contributed by atoms with Crippen LogP contribution >= 0.6 is 0 Å². The summed E-state index contributed by atoms with van der Waals surface area (Å²) in [7, 11) is 0. The van der Waals surface area contributed by atoms with Crippen LogP contribution in [0.5, 0.6) is 0 Å². The average Bonchev–Trinajstić information content (AvgIpc) is 2.66. The van der Waals surface area contributed by atoms with Gasteiger partial charge in [-0.1, -0.05) is 13.8 Å². The Morgan fingerprint density at radius 1 is 1.44 bits per heavy atom. The number of likely N-dealkylation sites (tertiary alicyclic amines) is 1. The Morgan fingerprint density at radius 2 is 2.11 bits per heavy atom. The number of carboxylic acid groups (broad SMARTS) is 1. The Morgan fingerprint density at radius 3 is 2.67 bits per heavy atom. The Bertz CT molecular complexity index is 306. The minimum absolute atomic E-state index is 0.0903. The number of hydrogen-bond acceptors (Lipinski definition) is 3. The predicted octanol–water partition coefficient (Wildman–Crippen LogP) is 0.652. The van der Waals surface area contributed by atoms with Crippen LogP contribution in [-0.2, 0) is 4.79 Å². The molecule has 0 unspecified atom stereocenters. The predicted molar refractivity (Wildman–Crippen MR) is 66.2 cm³/mol. The summed E-state index contributed by atoms with van der Waals surface area (Å²) in [4.78, 5) is 23.9. The van der Waals surface area contributed by atoms with Gasteiger partial charge in [0.2, 0.25) is 0 Å². The van der Waals surface area contributed by atoms with Crippen molar-refractivity contribution < 1.29 is 19.8 Å². The highest BCUT2D eigenvalue weighted by Crippen LogP contribution is 2.18. The second-order valence-corrected chi connectivity index (χ2v) is 5.16. The number of nitrogens with one attached hydrogen (secondary N) is 1. The standard InChI is InChI=1S/C12H22N2O4/c1-8(2)4-3-5-13-12(18)14-7-9(15)6-10(14)11(16)17/h8-10,15H,3-7H2,1-2H3,(H,13,18)(H,16,17)/t9-,10+/m1/s1. The molecule has 6 nitrogen and oxygen atoms in total. The van der Waals surface area contributed by atoms with E-state index in [1.807, 2.05) is 0 Å². The zero-order valence-corrected chi connectivity index (χ0v) is 10.9. The lowest BCUT2D eigenvalue weighted by Gasteiger charge is -2.21. The molecule has 18 heavy (non-hydrogen) atoms. The van der Waals surface area contributed by atoms with Crippen molar-refractivity contribution in [1.29, 1.82) is 0 Å². The second-order valence-electron chi connectivity index (χ2n) is 5.16. The molecule has 0 aromatic heterocycles. The lowest BCUT2D eigenvalue weighted by atomic mass is 10.1. The van der Waals surface area contributed by atoms with Crippen molar-refractivity contribution in [3.05, 3.63) is 0 Å². The van der Waals surface area contributed by atoms with Gasteiger partial charge in [-0.05, 0) is 18.8 Å². The molecule has 1 heterocycles. The number of aliphatic hydroxyl groups excluding tert-OH is 1. The van der Waals surface area contributed by atoms with E-state index in [9.17, 15) is 14.7 Å². The van der Waals surface area contributed by atoms with E-state index in [-0.39, 0.29) is 13.0 Å². The highest BCUT2D eigenvalue weighted by atomic mass is 16.4. The fraction of sp³-hybridized carbons (Fsp3) is 0.833. The summed E-state index contributed by atoms with van der Waals surface area (Å²) in [6.45, 7) is 4.85. The van der Waals surface area contributed by atoms with Crippen molar-refractivity contribution >= 4 is 12.0 Å². The summed E-state index contributed by atoms with van der Waals surface area (Å²) < 4.78 is 0. The first-order valence-corrected chi connectivity index (χ1v) is 6.37. The van der Waals surface area contributed by atoms with Gasteiger partial charge in [0, 0.05) is 19.5 Å². The Kier molecular flexibility index (Phi) is 5.40. The van der Waals surface area contributed by atoms with Crippen LogP contribution in [0.2, 0.25) is 0 Å². The zero-order chi connectivity index (χ0) is 13.7. The minimum atomic E-state index is -1.07. The van der Waals surface area contributed by atoms with Gasteiger partial charge in [-0.25, -0.2) is 9.59 Å². The molecule has 3 N–H and O–H groups in total. The maximum Gasteiger partial charge on any atom is 0.326 e. The van der Waals surface area contributed by atoms with E-state index in [1.165, 1.54) is 4.90 Å². The number of urea groups is 1. The van der Waals surface area contributed by atoms with Gasteiger partial charge in [0.1, 0.15) is 6.04 Å². The van der Waals surface area contributed by atoms with Crippen LogP contribution in [-0.4, -0.2) is 52.3 Å². The fourth-order valence-electron chi connectivity index (χ4n) is 2.08. The molecule has 0 spiro atoms. The summed E-state index contributed by atoms with van der Waals surface area (Å²) in [6.07, 6.45) is 1.25. The molecular weight excluding hydrogens is 236 g/mol. The third-order valence-electron chi connectivity index (χ3n) is 3.06. The first-order chi connectivity index (χ1) is 8.41. The third-order valence-corrected chi connectivity index (χ3v) is 3.06. The average molecular weight is 258 g/mol. The topological polar surface area (TPSA) is 89.9 Å². The lowest BCUT2D eigenvalue weighted by Crippen LogP contribution is -2.46. The number of rotatable bonds is 5. The molecule has 0 aliphatic carbocycles. The Hall–Kier alpha value is -1.30. The Labute approximate surface area is 107 Å². The maximum atomic E-state index is 11.8. The van der Waals surface area contributed by atoms with E-state index >= 15 is 0 Å². The highest BCUT2D eigenvalue weighted by Gasteiger charge is 2.38. The lowest BCUT2D eigenvalue weighted by molar-refractivity contribution is -0.141. The molecule has 0 aromatic rings. The first-order valence-electron chi connectivity index (χ1n) is 6.37. The molecule has 2 atom stereocenters. The molecule has 0 saturated carbocycles. The molecule has 1 aliphatic rings. The number of aliphatic carboxylic acids is 1. The Balaban J connectivity index is 2.38. The maximum absolute atomic E-state index is 11.8. The van der Waals surface area contributed by atoms with Crippen molar-refractivity contribution in [2.45, 2.75) is 45.3 Å². The fourth-order valence-corrected chi connectivity index (χ4v) is 2.08. The van der Waals surface area contributed by atoms with Crippen LogP contribution in [0.25, 0.3) is 0 Å². The van der Waals surface area contributed by atoms with Gasteiger partial charge in [-0.2, -0.15) is 0 Å². The van der Waals surface area contributed by atoms with Gasteiger partial charge in [-0.3, -0.25) is 0 Å². The number of aliphatic hydroxyl groups is 1. The first kappa shape index (κ1) is 14.8. The summed E-state index contributed by atoms with van der Waals surface area (Å²) >= 11 is 0. The molecule has 104 valence electrons. The molecule has 6 heteroatoms. The van der Waals surface area contributed by atoms with E-state index in [0.29, 0.717) is 12.5 Å². The molecule has 1 rings (SSSR count). The SMILES string of the molecule is CC(C)CCCNC(=O)N1C[C@H](O)C[C@H]1C(=O)O. The van der Waals surface area contributed by atoms with Crippen LogP contribution in [0.15, 0.2) is 0 Å². The number of β-amino-alcohol motifs (C(OH)–C–C–N with tert-alkyl or cyclic N) is 1. The molecular formula is C12H22N2O4. The molecule has 1 saturated heterocycles. The highest BCUT2D eigenvalue weighted by molar-refractivity contribution is 5.83. The summed E-state index contributed by atoms with van der Waals surface area (Å²) in [5.74, 6) is -0.480. The number of hydrogen-bond donors (Lipinski definition) is 3. The van der Waals surface area contributed by atoms with Crippen molar-refractivity contribution in [1.82, 2.24) is 10.2 Å². The molecule has 1 fully saturated rings. The minimum Gasteiger partial charge on any atom is -0.480 e. The van der Waals surface area contributed by atoms with Crippen LogP contribution < -0.4 is 5.32 Å². The molecule has 0 aromatic carbocycles. The number of carboxylic acids is 1. The van der Waals surface area contributed by atoms with Crippen LogP contribution in [0, 0.1) is 5.92 Å². The third kappa shape index (κ3) is 4.18. The number of nitrogens with zero attached hydrogens (tertiary/aromatic N) is 1. The van der Waals surface area contributed by atoms with E-state index in [2.05, 4.69) is 19.2 Å². The van der Waals surface area contributed by atoms with Crippen LogP contribution in [0.3, 0.4) is 0 Å². The zero-order valence-electron chi connectivity index (χ0n) is 10.9. The summed E-state index contributed by atoms with van der Waals surface area (Å²) in [6, 6.07) is -1.31. The number of amides is 2. The largest absolute Gasteiger partial charge is 0.480 e. The van der Waals surface area contributed by atoms with Crippen molar-refractivity contribution in [2.24, 2.45) is 5.92 Å². The number of carbonyl (C=O) groups excluding carboxylic acids is 1. The van der Waals surface area contributed by atoms with Gasteiger partial charge < -0.3 is 20.4 Å².